The maximum absolute atomic E-state index is 9.89. The van der Waals surface area contributed by atoms with E-state index in [1.807, 2.05) is 121 Å². The molecule has 0 bridgehead atoms. The van der Waals surface area contributed by atoms with E-state index >= 15 is 0 Å². The zero-order valence-electron chi connectivity index (χ0n) is 35.9. The van der Waals surface area contributed by atoms with Crippen molar-refractivity contribution in [3.63, 3.8) is 0 Å². The Morgan fingerprint density at radius 2 is 0.839 bits per heavy atom. The molecule has 5 nitrogen and oxygen atoms in total. The van der Waals surface area contributed by atoms with Crippen molar-refractivity contribution >= 4 is 39.0 Å². The van der Waals surface area contributed by atoms with Crippen LogP contribution in [-0.2, 0) is 0 Å². The highest BCUT2D eigenvalue weighted by Crippen LogP contribution is 2.41. The highest BCUT2D eigenvalue weighted by atomic mass is 16.3. The standard InChI is InChI=1S/C51H34N4O/c1-5-15-38(16-6-1)49-52-50(39-17-7-2-8-18-39)54-51(53-49)45-33-40(34-47-48(45)44-23-13-14-24-46(44)56-47)37-27-25-35(26-28-37)36-29-31-43(32-30-36)55(41-19-9-3-10-20-41)42-21-11-4-12-22-42/h1-34H/i13D,14D,23D,24D,33D,34D. The SMILES string of the molecule is [2H]c1c([2H])c([2H])c2c(oc3c([2H])c(-c4ccc(-c5ccc(N(c6ccccc6)c6ccccc6)cc5)cc4)c([2H])c(-c4nc(-c5ccccc5)nc(-c5ccccc5)n4)c32)c1[2H]. The van der Waals surface area contributed by atoms with Crippen molar-refractivity contribution in [3.8, 4) is 56.4 Å². The van der Waals surface area contributed by atoms with Crippen molar-refractivity contribution in [2.75, 3.05) is 4.90 Å². The lowest BCUT2D eigenvalue weighted by atomic mass is 9.96. The molecule has 5 heteroatoms. The maximum atomic E-state index is 9.89. The summed E-state index contributed by atoms with van der Waals surface area (Å²) in [6.45, 7) is 0. The number of para-hydroxylation sites is 3. The molecule has 0 amide bonds. The highest BCUT2D eigenvalue weighted by Gasteiger charge is 2.20. The lowest BCUT2D eigenvalue weighted by Crippen LogP contribution is -2.09. The van der Waals surface area contributed by atoms with Gasteiger partial charge in [0.1, 0.15) is 11.2 Å². The molecule has 0 fully saturated rings. The topological polar surface area (TPSA) is 55.1 Å². The smallest absolute Gasteiger partial charge is 0.164 e. The number of fused-ring (bicyclic) bond motifs is 3. The zero-order valence-corrected chi connectivity index (χ0v) is 29.9. The number of anilines is 3. The van der Waals surface area contributed by atoms with Crippen LogP contribution in [0.25, 0.3) is 78.4 Å². The fourth-order valence-corrected chi connectivity index (χ4v) is 6.95. The molecule has 0 N–H and O–H groups in total. The van der Waals surface area contributed by atoms with Gasteiger partial charge in [0.05, 0.1) is 8.22 Å². The van der Waals surface area contributed by atoms with Gasteiger partial charge in [-0.05, 0) is 76.8 Å². The van der Waals surface area contributed by atoms with Crippen LogP contribution in [0.4, 0.5) is 17.1 Å². The number of benzene rings is 8. The van der Waals surface area contributed by atoms with E-state index < -0.39 is 12.1 Å². The normalized spacial score (nSPS) is 12.7. The molecular formula is C51H34N4O. The molecule has 0 saturated carbocycles. The molecule has 0 saturated heterocycles. The average molecular weight is 725 g/mol. The Kier molecular flexibility index (Phi) is 6.91. The molecule has 0 spiro atoms. The van der Waals surface area contributed by atoms with E-state index in [-0.39, 0.29) is 63.1 Å². The molecule has 10 aromatic rings. The first-order valence-corrected chi connectivity index (χ1v) is 18.2. The van der Waals surface area contributed by atoms with Gasteiger partial charge >= 0.3 is 0 Å². The summed E-state index contributed by atoms with van der Waals surface area (Å²) in [7, 11) is 0. The highest BCUT2D eigenvalue weighted by molar-refractivity contribution is 6.13. The van der Waals surface area contributed by atoms with Crippen molar-refractivity contribution < 1.29 is 12.6 Å². The number of rotatable bonds is 8. The first-order valence-electron chi connectivity index (χ1n) is 21.2. The van der Waals surface area contributed by atoms with E-state index in [1.165, 1.54) is 0 Å². The molecule has 0 unspecified atom stereocenters. The fraction of sp³-hybridized carbons (Fsp3) is 0. The first kappa shape index (κ1) is 27.0. The predicted octanol–water partition coefficient (Wildman–Crippen LogP) is 13.6. The Balaban J connectivity index is 1.14. The summed E-state index contributed by atoms with van der Waals surface area (Å²) in [5.41, 5.74) is 7.23. The third-order valence-corrected chi connectivity index (χ3v) is 9.66. The minimum atomic E-state index is -0.463. The van der Waals surface area contributed by atoms with Gasteiger partial charge in [-0.1, -0.05) is 152 Å². The Bertz CT molecular complexity index is 3180. The molecule has 0 atom stereocenters. The van der Waals surface area contributed by atoms with Crippen LogP contribution in [0.5, 0.6) is 0 Å². The van der Waals surface area contributed by atoms with E-state index in [0.29, 0.717) is 28.3 Å². The Hall–Kier alpha value is -7.63. The second kappa shape index (κ2) is 14.3. The van der Waals surface area contributed by atoms with E-state index in [0.717, 1.165) is 28.2 Å². The van der Waals surface area contributed by atoms with Crippen LogP contribution < -0.4 is 4.90 Å². The summed E-state index contributed by atoms with van der Waals surface area (Å²) >= 11 is 0. The van der Waals surface area contributed by atoms with Crippen molar-refractivity contribution in [1.82, 2.24) is 15.0 Å². The summed E-state index contributed by atoms with van der Waals surface area (Å²) in [6.07, 6.45) is 0. The van der Waals surface area contributed by atoms with Gasteiger partial charge in [-0.25, -0.2) is 15.0 Å². The molecule has 0 aliphatic heterocycles. The molecule has 0 aliphatic carbocycles. The second-order valence-corrected chi connectivity index (χ2v) is 13.2. The lowest BCUT2D eigenvalue weighted by molar-refractivity contribution is 0.669. The van der Waals surface area contributed by atoms with E-state index in [9.17, 15) is 2.74 Å². The Labute approximate surface area is 333 Å². The van der Waals surface area contributed by atoms with Crippen LogP contribution in [0.2, 0.25) is 0 Å². The van der Waals surface area contributed by atoms with Gasteiger partial charge in [0.15, 0.2) is 17.5 Å². The number of nitrogens with zero attached hydrogens (tertiary/aromatic N) is 4. The number of hydrogen-bond acceptors (Lipinski definition) is 5. The molecule has 10 rings (SSSR count). The summed E-state index contributed by atoms with van der Waals surface area (Å²) < 4.78 is 60.4. The van der Waals surface area contributed by atoms with Gasteiger partial charge in [-0.2, -0.15) is 0 Å². The van der Waals surface area contributed by atoms with Crippen LogP contribution in [0.15, 0.2) is 211 Å². The minimum Gasteiger partial charge on any atom is -0.456 e. The third kappa shape index (κ3) is 6.27. The molecular weight excluding hydrogens is 685 g/mol. The predicted molar refractivity (Wildman–Crippen MR) is 229 cm³/mol. The van der Waals surface area contributed by atoms with Gasteiger partial charge in [0, 0.05) is 44.5 Å². The van der Waals surface area contributed by atoms with E-state index in [1.54, 1.807) is 0 Å². The van der Waals surface area contributed by atoms with Crippen LogP contribution >= 0.6 is 0 Å². The van der Waals surface area contributed by atoms with Crippen LogP contribution in [0, 0.1) is 0 Å². The Morgan fingerprint density at radius 1 is 0.393 bits per heavy atom. The lowest BCUT2D eigenvalue weighted by Gasteiger charge is -2.25. The van der Waals surface area contributed by atoms with Gasteiger partial charge in [-0.3, -0.25) is 0 Å². The summed E-state index contributed by atoms with van der Waals surface area (Å²) in [6, 6.07) is 53.3. The number of hydrogen-bond donors (Lipinski definition) is 0. The van der Waals surface area contributed by atoms with Gasteiger partial charge < -0.3 is 9.32 Å². The summed E-state index contributed by atoms with van der Waals surface area (Å²) in [5.74, 6) is 0.791. The third-order valence-electron chi connectivity index (χ3n) is 9.66. The van der Waals surface area contributed by atoms with Gasteiger partial charge in [0.25, 0.3) is 0 Å². The van der Waals surface area contributed by atoms with Crippen molar-refractivity contribution in [1.29, 1.82) is 0 Å². The molecule has 8 aromatic carbocycles. The molecule has 2 aromatic heterocycles. The number of furan rings is 1. The van der Waals surface area contributed by atoms with Crippen LogP contribution in [0.1, 0.15) is 8.22 Å². The molecule has 264 valence electrons. The van der Waals surface area contributed by atoms with Crippen molar-refractivity contribution in [2.24, 2.45) is 0 Å². The zero-order chi connectivity index (χ0) is 42.5. The molecule has 56 heavy (non-hydrogen) atoms. The quantitative estimate of drug-likeness (QED) is 0.156. The van der Waals surface area contributed by atoms with Crippen molar-refractivity contribution in [2.45, 2.75) is 0 Å². The van der Waals surface area contributed by atoms with E-state index in [2.05, 4.69) is 53.4 Å². The largest absolute Gasteiger partial charge is 0.456 e. The monoisotopic (exact) mass is 724 g/mol. The molecule has 0 aliphatic rings. The first-order chi connectivity index (χ1) is 30.3. The fourth-order valence-electron chi connectivity index (χ4n) is 6.95. The summed E-state index contributed by atoms with van der Waals surface area (Å²) in [4.78, 5) is 16.9. The van der Waals surface area contributed by atoms with Crippen LogP contribution in [-0.4, -0.2) is 15.0 Å². The molecule has 2 heterocycles. The average Bonchev–Trinajstić information content (AvgIpc) is 3.73. The van der Waals surface area contributed by atoms with Gasteiger partial charge in [0.2, 0.25) is 0 Å². The minimum absolute atomic E-state index is 0.00279. The van der Waals surface area contributed by atoms with E-state index in [4.69, 9.17) is 24.9 Å². The Morgan fingerprint density at radius 3 is 1.39 bits per heavy atom. The molecule has 0 radical (unpaired) electrons. The van der Waals surface area contributed by atoms with Gasteiger partial charge in [-0.15, -0.1) is 0 Å². The maximum Gasteiger partial charge on any atom is 0.164 e. The van der Waals surface area contributed by atoms with Crippen molar-refractivity contribution in [3.05, 3.63) is 206 Å². The summed E-state index contributed by atoms with van der Waals surface area (Å²) in [5, 5.41) is 0.209. The second-order valence-electron chi connectivity index (χ2n) is 13.2. The van der Waals surface area contributed by atoms with Crippen LogP contribution in [0.3, 0.4) is 0 Å². The number of aromatic nitrogens is 3.